The fourth-order valence-corrected chi connectivity index (χ4v) is 2.15. The van der Waals surface area contributed by atoms with Crippen LogP contribution in [0.15, 0.2) is 18.2 Å². The zero-order chi connectivity index (χ0) is 15.2. The van der Waals surface area contributed by atoms with Gasteiger partial charge in [0.2, 0.25) is 5.91 Å². The lowest BCUT2D eigenvalue weighted by molar-refractivity contribution is -0.131. The Labute approximate surface area is 119 Å². The minimum atomic E-state index is -0.552. The molecule has 0 bridgehead atoms. The average molecular weight is 282 g/mol. The molecule has 1 aromatic carbocycles. The number of hydrogen-bond acceptors (Lipinski definition) is 3. The van der Waals surface area contributed by atoms with Crippen LogP contribution >= 0.6 is 0 Å². The fourth-order valence-electron chi connectivity index (χ4n) is 2.15. The molecule has 4 nitrogen and oxygen atoms in total. The second-order valence-electron chi connectivity index (χ2n) is 4.96. The number of aliphatic hydroxyl groups excluding tert-OH is 1. The van der Waals surface area contributed by atoms with Crippen LogP contribution in [0.4, 0.5) is 4.39 Å². The molecule has 0 fully saturated rings. The first kappa shape index (κ1) is 16.6. The Balaban J connectivity index is 2.71. The number of benzene rings is 1. The molecule has 0 aliphatic rings. The van der Waals surface area contributed by atoms with Gasteiger partial charge in [0.25, 0.3) is 0 Å². The molecule has 0 radical (unpaired) electrons. The summed E-state index contributed by atoms with van der Waals surface area (Å²) in [4.78, 5) is 12.2. The lowest BCUT2D eigenvalue weighted by atomic mass is 9.81. The quantitative estimate of drug-likeness (QED) is 0.712. The van der Waals surface area contributed by atoms with E-state index < -0.39 is 11.2 Å². The van der Waals surface area contributed by atoms with Crippen molar-refractivity contribution in [3.05, 3.63) is 35.1 Å². The summed E-state index contributed by atoms with van der Waals surface area (Å²) in [5.74, 6) is -0.563. The van der Waals surface area contributed by atoms with Crippen molar-refractivity contribution in [1.29, 1.82) is 0 Å². The van der Waals surface area contributed by atoms with Gasteiger partial charge < -0.3 is 16.2 Å². The molecule has 0 aliphatic heterocycles. The standard InChI is InChI=1S/C15H23FN2O2/c1-3-15(4-2,10-17)14(20)18-8-11-5-6-12(9-19)13(16)7-11/h5-7,19H,3-4,8-10,17H2,1-2H3,(H,18,20). The SMILES string of the molecule is CCC(CC)(CN)C(=O)NCc1ccc(CO)c(F)c1. The van der Waals surface area contributed by atoms with Crippen LogP contribution in [0.25, 0.3) is 0 Å². The van der Waals surface area contributed by atoms with Crippen molar-refractivity contribution in [2.45, 2.75) is 39.8 Å². The third-order valence-electron chi connectivity index (χ3n) is 3.97. The van der Waals surface area contributed by atoms with Crippen molar-refractivity contribution in [3.8, 4) is 0 Å². The Morgan fingerprint density at radius 2 is 2.05 bits per heavy atom. The number of amides is 1. The van der Waals surface area contributed by atoms with Gasteiger partial charge in [0.15, 0.2) is 0 Å². The van der Waals surface area contributed by atoms with Gasteiger partial charge in [-0.05, 0) is 24.5 Å². The smallest absolute Gasteiger partial charge is 0.227 e. The van der Waals surface area contributed by atoms with E-state index in [1.807, 2.05) is 13.8 Å². The van der Waals surface area contributed by atoms with E-state index in [9.17, 15) is 9.18 Å². The molecule has 0 spiro atoms. The monoisotopic (exact) mass is 282 g/mol. The molecule has 0 saturated heterocycles. The van der Waals surface area contributed by atoms with E-state index in [0.717, 1.165) is 0 Å². The molecular formula is C15H23FN2O2. The molecule has 1 aromatic rings. The maximum Gasteiger partial charge on any atom is 0.227 e. The van der Waals surface area contributed by atoms with Gasteiger partial charge >= 0.3 is 0 Å². The summed E-state index contributed by atoms with van der Waals surface area (Å²) in [6, 6.07) is 4.54. The molecule has 1 rings (SSSR count). The van der Waals surface area contributed by atoms with Crippen molar-refractivity contribution in [2.75, 3.05) is 6.54 Å². The van der Waals surface area contributed by atoms with Gasteiger partial charge in [0.1, 0.15) is 5.82 Å². The lowest BCUT2D eigenvalue weighted by Gasteiger charge is -2.28. The van der Waals surface area contributed by atoms with Gasteiger partial charge in [0, 0.05) is 18.7 Å². The largest absolute Gasteiger partial charge is 0.392 e. The number of hydrogen-bond donors (Lipinski definition) is 3. The second-order valence-corrected chi connectivity index (χ2v) is 4.96. The van der Waals surface area contributed by atoms with Crippen LogP contribution < -0.4 is 11.1 Å². The molecular weight excluding hydrogens is 259 g/mol. The summed E-state index contributed by atoms with van der Waals surface area (Å²) in [5, 5.41) is 11.7. The Kier molecular flexibility index (Phi) is 6.10. The first-order valence-corrected chi connectivity index (χ1v) is 6.89. The number of halogens is 1. The highest BCUT2D eigenvalue weighted by atomic mass is 19.1. The normalized spacial score (nSPS) is 11.4. The summed E-state index contributed by atoms with van der Waals surface area (Å²) in [5.41, 5.74) is 6.07. The van der Waals surface area contributed by atoms with Gasteiger partial charge in [-0.1, -0.05) is 26.0 Å². The molecule has 0 saturated carbocycles. The summed E-state index contributed by atoms with van der Waals surface area (Å²) >= 11 is 0. The molecule has 0 heterocycles. The summed E-state index contributed by atoms with van der Waals surface area (Å²) in [6.45, 7) is 4.09. The van der Waals surface area contributed by atoms with E-state index in [4.69, 9.17) is 10.8 Å². The maximum absolute atomic E-state index is 13.5. The van der Waals surface area contributed by atoms with Crippen molar-refractivity contribution in [3.63, 3.8) is 0 Å². The zero-order valence-corrected chi connectivity index (χ0v) is 12.1. The third-order valence-corrected chi connectivity index (χ3v) is 3.97. The molecule has 20 heavy (non-hydrogen) atoms. The topological polar surface area (TPSA) is 75.4 Å². The number of carbonyl (C=O) groups is 1. The van der Waals surface area contributed by atoms with E-state index in [2.05, 4.69) is 5.32 Å². The molecule has 0 aliphatic carbocycles. The highest BCUT2D eigenvalue weighted by Gasteiger charge is 2.32. The predicted octanol–water partition coefficient (Wildman–Crippen LogP) is 1.70. The predicted molar refractivity (Wildman–Crippen MR) is 76.2 cm³/mol. The fraction of sp³-hybridized carbons (Fsp3) is 0.533. The number of carbonyl (C=O) groups excluding carboxylic acids is 1. The number of aliphatic hydroxyl groups is 1. The Morgan fingerprint density at radius 3 is 2.50 bits per heavy atom. The zero-order valence-electron chi connectivity index (χ0n) is 12.1. The van der Waals surface area contributed by atoms with Crippen LogP contribution in [-0.2, 0) is 17.9 Å². The Morgan fingerprint density at radius 1 is 1.40 bits per heavy atom. The van der Waals surface area contributed by atoms with E-state index in [1.54, 1.807) is 6.07 Å². The molecule has 5 heteroatoms. The van der Waals surface area contributed by atoms with E-state index >= 15 is 0 Å². The van der Waals surface area contributed by atoms with Crippen LogP contribution in [0.1, 0.15) is 37.8 Å². The molecule has 0 unspecified atom stereocenters. The molecule has 4 N–H and O–H groups in total. The van der Waals surface area contributed by atoms with Gasteiger partial charge in [-0.2, -0.15) is 0 Å². The van der Waals surface area contributed by atoms with Crippen molar-refractivity contribution in [2.24, 2.45) is 11.1 Å². The van der Waals surface area contributed by atoms with Crippen LogP contribution in [0.2, 0.25) is 0 Å². The van der Waals surface area contributed by atoms with Gasteiger partial charge in [-0.3, -0.25) is 4.79 Å². The highest BCUT2D eigenvalue weighted by molar-refractivity contribution is 5.82. The first-order valence-electron chi connectivity index (χ1n) is 6.89. The van der Waals surface area contributed by atoms with Crippen LogP contribution in [-0.4, -0.2) is 17.6 Å². The van der Waals surface area contributed by atoms with Crippen molar-refractivity contribution < 1.29 is 14.3 Å². The van der Waals surface area contributed by atoms with Crippen LogP contribution in [0, 0.1) is 11.2 Å². The van der Waals surface area contributed by atoms with E-state index in [1.165, 1.54) is 12.1 Å². The lowest BCUT2D eigenvalue weighted by Crippen LogP contribution is -2.45. The number of nitrogens with two attached hydrogens (primary N) is 1. The van der Waals surface area contributed by atoms with Crippen molar-refractivity contribution >= 4 is 5.91 Å². The molecule has 112 valence electrons. The minimum Gasteiger partial charge on any atom is -0.392 e. The second kappa shape index (κ2) is 7.36. The average Bonchev–Trinajstić information content (AvgIpc) is 2.47. The van der Waals surface area contributed by atoms with Crippen LogP contribution in [0.5, 0.6) is 0 Å². The van der Waals surface area contributed by atoms with E-state index in [-0.39, 0.29) is 24.6 Å². The first-order chi connectivity index (χ1) is 9.52. The summed E-state index contributed by atoms with van der Waals surface area (Å²) < 4.78 is 13.5. The van der Waals surface area contributed by atoms with Gasteiger partial charge in [-0.15, -0.1) is 0 Å². The highest BCUT2D eigenvalue weighted by Crippen LogP contribution is 2.25. The van der Waals surface area contributed by atoms with Crippen molar-refractivity contribution in [1.82, 2.24) is 5.32 Å². The minimum absolute atomic E-state index is 0.100. The Bertz CT molecular complexity index is 451. The third kappa shape index (κ3) is 3.55. The number of rotatable bonds is 7. The number of nitrogens with one attached hydrogen (secondary N) is 1. The maximum atomic E-state index is 13.5. The van der Waals surface area contributed by atoms with Crippen LogP contribution in [0.3, 0.4) is 0 Å². The molecule has 0 atom stereocenters. The van der Waals surface area contributed by atoms with E-state index in [0.29, 0.717) is 24.9 Å². The molecule has 1 amide bonds. The summed E-state index contributed by atoms with van der Waals surface area (Å²) in [6.07, 6.45) is 1.34. The summed E-state index contributed by atoms with van der Waals surface area (Å²) in [7, 11) is 0. The van der Waals surface area contributed by atoms with Gasteiger partial charge in [-0.25, -0.2) is 4.39 Å². The molecule has 0 aromatic heterocycles. The van der Waals surface area contributed by atoms with Gasteiger partial charge in [0.05, 0.1) is 12.0 Å². The Hall–Kier alpha value is -1.46.